The van der Waals surface area contributed by atoms with Crippen molar-refractivity contribution in [3.05, 3.63) is 29.6 Å². The van der Waals surface area contributed by atoms with Crippen molar-refractivity contribution in [3.63, 3.8) is 0 Å². The molecule has 0 saturated carbocycles. The number of hydrogen-bond donors (Lipinski definition) is 2. The van der Waals surface area contributed by atoms with Crippen LogP contribution in [0.15, 0.2) is 18.2 Å². The number of carbonyl (C=O) groups is 1. The minimum absolute atomic E-state index is 0.123. The first-order valence-electron chi connectivity index (χ1n) is 5.95. The summed E-state index contributed by atoms with van der Waals surface area (Å²) in [6, 6.07) is 5.74. The molecule has 4 nitrogen and oxygen atoms in total. The molecule has 0 aliphatic carbocycles. The van der Waals surface area contributed by atoms with Gasteiger partial charge in [0.2, 0.25) is 5.91 Å². The molecule has 0 spiro atoms. The largest absolute Gasteiger partial charge is 0.349 e. The molecule has 1 rings (SSSR count). The molecule has 1 unspecified atom stereocenters. The first kappa shape index (κ1) is 13.6. The molecular formula is C13H21N3O. The molecule has 0 aromatic carbocycles. The molecule has 1 heterocycles. The van der Waals surface area contributed by atoms with Crippen molar-refractivity contribution >= 4 is 5.91 Å². The SMILES string of the molecule is CCCC(C)(N)C(=O)NCc1cccc(C)n1. The third-order valence-electron chi connectivity index (χ3n) is 2.66. The van der Waals surface area contributed by atoms with Crippen LogP contribution in [-0.2, 0) is 11.3 Å². The quantitative estimate of drug-likeness (QED) is 0.813. The van der Waals surface area contributed by atoms with Gasteiger partial charge in [-0.2, -0.15) is 0 Å². The zero-order valence-electron chi connectivity index (χ0n) is 10.8. The van der Waals surface area contributed by atoms with Gasteiger partial charge in [0.15, 0.2) is 0 Å². The van der Waals surface area contributed by atoms with Gasteiger partial charge in [0.1, 0.15) is 0 Å². The summed E-state index contributed by atoms with van der Waals surface area (Å²) in [7, 11) is 0. The van der Waals surface area contributed by atoms with Gasteiger partial charge in [-0.25, -0.2) is 0 Å². The van der Waals surface area contributed by atoms with E-state index in [9.17, 15) is 4.79 Å². The Morgan fingerprint density at radius 3 is 2.82 bits per heavy atom. The number of rotatable bonds is 5. The summed E-state index contributed by atoms with van der Waals surface area (Å²) in [6.45, 7) is 6.13. The monoisotopic (exact) mass is 235 g/mol. The van der Waals surface area contributed by atoms with Crippen molar-refractivity contribution in [1.29, 1.82) is 0 Å². The van der Waals surface area contributed by atoms with E-state index >= 15 is 0 Å². The predicted molar refractivity (Wildman–Crippen MR) is 68.3 cm³/mol. The van der Waals surface area contributed by atoms with E-state index in [1.165, 1.54) is 0 Å². The van der Waals surface area contributed by atoms with Gasteiger partial charge in [0.25, 0.3) is 0 Å². The van der Waals surface area contributed by atoms with Crippen molar-refractivity contribution in [2.75, 3.05) is 0 Å². The van der Waals surface area contributed by atoms with E-state index in [0.717, 1.165) is 17.8 Å². The van der Waals surface area contributed by atoms with Crippen LogP contribution in [0.1, 0.15) is 38.1 Å². The Balaban J connectivity index is 2.54. The summed E-state index contributed by atoms with van der Waals surface area (Å²) in [5.41, 5.74) is 6.94. The molecule has 0 radical (unpaired) electrons. The highest BCUT2D eigenvalue weighted by molar-refractivity contribution is 5.85. The Labute approximate surface area is 103 Å². The fraction of sp³-hybridized carbons (Fsp3) is 0.538. The number of nitrogens with zero attached hydrogens (tertiary/aromatic N) is 1. The lowest BCUT2D eigenvalue weighted by atomic mass is 9.96. The van der Waals surface area contributed by atoms with Crippen LogP contribution < -0.4 is 11.1 Å². The van der Waals surface area contributed by atoms with E-state index < -0.39 is 5.54 Å². The van der Waals surface area contributed by atoms with Gasteiger partial charge in [-0.15, -0.1) is 0 Å². The van der Waals surface area contributed by atoms with Crippen LogP contribution in [0.25, 0.3) is 0 Å². The van der Waals surface area contributed by atoms with Crippen molar-refractivity contribution in [2.45, 2.75) is 45.7 Å². The molecule has 0 fully saturated rings. The molecule has 0 aliphatic rings. The number of carbonyl (C=O) groups excluding carboxylic acids is 1. The van der Waals surface area contributed by atoms with Crippen LogP contribution in [0.2, 0.25) is 0 Å². The second kappa shape index (κ2) is 5.77. The highest BCUT2D eigenvalue weighted by Crippen LogP contribution is 2.08. The minimum Gasteiger partial charge on any atom is -0.349 e. The third-order valence-corrected chi connectivity index (χ3v) is 2.66. The summed E-state index contributed by atoms with van der Waals surface area (Å²) in [5, 5.41) is 2.82. The maximum Gasteiger partial charge on any atom is 0.240 e. The van der Waals surface area contributed by atoms with E-state index in [1.807, 2.05) is 32.0 Å². The highest BCUT2D eigenvalue weighted by atomic mass is 16.2. The number of amides is 1. The number of aromatic nitrogens is 1. The molecule has 17 heavy (non-hydrogen) atoms. The van der Waals surface area contributed by atoms with Gasteiger partial charge in [-0.1, -0.05) is 19.4 Å². The lowest BCUT2D eigenvalue weighted by Gasteiger charge is -2.22. The number of nitrogens with two attached hydrogens (primary N) is 1. The zero-order chi connectivity index (χ0) is 12.9. The van der Waals surface area contributed by atoms with E-state index in [-0.39, 0.29) is 5.91 Å². The van der Waals surface area contributed by atoms with E-state index in [2.05, 4.69) is 10.3 Å². The van der Waals surface area contributed by atoms with Gasteiger partial charge in [-0.3, -0.25) is 9.78 Å². The van der Waals surface area contributed by atoms with E-state index in [1.54, 1.807) is 6.92 Å². The van der Waals surface area contributed by atoms with Crippen LogP contribution >= 0.6 is 0 Å². The van der Waals surface area contributed by atoms with Crippen LogP contribution in [0.4, 0.5) is 0 Å². The molecule has 1 atom stereocenters. The Bertz CT molecular complexity index is 388. The van der Waals surface area contributed by atoms with Gasteiger partial charge < -0.3 is 11.1 Å². The second-order valence-electron chi connectivity index (χ2n) is 4.62. The Morgan fingerprint density at radius 2 is 2.24 bits per heavy atom. The highest BCUT2D eigenvalue weighted by Gasteiger charge is 2.26. The van der Waals surface area contributed by atoms with Crippen LogP contribution in [0, 0.1) is 6.92 Å². The topological polar surface area (TPSA) is 68.0 Å². The van der Waals surface area contributed by atoms with Crippen molar-refractivity contribution in [1.82, 2.24) is 10.3 Å². The molecule has 1 aromatic rings. The Hall–Kier alpha value is -1.42. The first-order chi connectivity index (χ1) is 7.95. The number of nitrogens with one attached hydrogen (secondary N) is 1. The predicted octanol–water partition coefficient (Wildman–Crippen LogP) is 1.52. The molecule has 3 N–H and O–H groups in total. The van der Waals surface area contributed by atoms with Gasteiger partial charge in [0.05, 0.1) is 17.8 Å². The van der Waals surface area contributed by atoms with Crippen molar-refractivity contribution in [2.24, 2.45) is 5.73 Å². The van der Waals surface area contributed by atoms with Gasteiger partial charge in [0, 0.05) is 5.69 Å². The van der Waals surface area contributed by atoms with Crippen LogP contribution in [0.5, 0.6) is 0 Å². The molecule has 94 valence electrons. The molecule has 0 bridgehead atoms. The normalized spacial score (nSPS) is 14.1. The third kappa shape index (κ3) is 4.15. The fourth-order valence-electron chi connectivity index (χ4n) is 1.70. The lowest BCUT2D eigenvalue weighted by Crippen LogP contribution is -2.51. The first-order valence-corrected chi connectivity index (χ1v) is 5.95. The van der Waals surface area contributed by atoms with E-state index in [4.69, 9.17) is 5.73 Å². The van der Waals surface area contributed by atoms with Crippen LogP contribution in [0.3, 0.4) is 0 Å². The van der Waals surface area contributed by atoms with Crippen molar-refractivity contribution < 1.29 is 4.79 Å². The van der Waals surface area contributed by atoms with E-state index in [0.29, 0.717) is 13.0 Å². The Morgan fingerprint density at radius 1 is 1.53 bits per heavy atom. The second-order valence-corrected chi connectivity index (χ2v) is 4.62. The number of aryl methyl sites for hydroxylation is 1. The smallest absolute Gasteiger partial charge is 0.240 e. The molecule has 0 aliphatic heterocycles. The summed E-state index contributed by atoms with van der Waals surface area (Å²) in [4.78, 5) is 16.2. The molecule has 1 aromatic heterocycles. The average Bonchev–Trinajstić information content (AvgIpc) is 2.26. The zero-order valence-corrected chi connectivity index (χ0v) is 10.8. The van der Waals surface area contributed by atoms with Crippen molar-refractivity contribution in [3.8, 4) is 0 Å². The maximum atomic E-state index is 11.8. The molecule has 4 heteroatoms. The summed E-state index contributed by atoms with van der Waals surface area (Å²) in [5.74, 6) is -0.123. The number of hydrogen-bond acceptors (Lipinski definition) is 3. The summed E-state index contributed by atoms with van der Waals surface area (Å²) in [6.07, 6.45) is 1.57. The summed E-state index contributed by atoms with van der Waals surface area (Å²) < 4.78 is 0. The van der Waals surface area contributed by atoms with Gasteiger partial charge >= 0.3 is 0 Å². The number of pyridine rings is 1. The van der Waals surface area contributed by atoms with Crippen LogP contribution in [-0.4, -0.2) is 16.4 Å². The van der Waals surface area contributed by atoms with Gasteiger partial charge in [-0.05, 0) is 32.4 Å². The molecule has 1 amide bonds. The fourth-order valence-corrected chi connectivity index (χ4v) is 1.70. The molecular weight excluding hydrogens is 214 g/mol. The summed E-state index contributed by atoms with van der Waals surface area (Å²) >= 11 is 0. The Kier molecular flexibility index (Phi) is 4.63. The standard InChI is InChI=1S/C13H21N3O/c1-4-8-13(3,14)12(17)15-9-11-7-5-6-10(2)16-11/h5-7H,4,8-9,14H2,1-3H3,(H,15,17). The lowest BCUT2D eigenvalue weighted by molar-refractivity contribution is -0.126. The maximum absolute atomic E-state index is 11.8. The minimum atomic E-state index is -0.793. The average molecular weight is 235 g/mol. The molecule has 0 saturated heterocycles.